The van der Waals surface area contributed by atoms with E-state index in [-0.39, 0.29) is 0 Å². The first-order valence-electron chi connectivity index (χ1n) is 4.94. The largest absolute Gasteiger partial charge is 0.383 e. The molecule has 1 unspecified atom stereocenters. The van der Waals surface area contributed by atoms with Crippen molar-refractivity contribution in [1.82, 2.24) is 5.32 Å². The molecule has 0 fully saturated rings. The van der Waals surface area contributed by atoms with Gasteiger partial charge in [-0.1, -0.05) is 19.4 Å². The van der Waals surface area contributed by atoms with Crippen LogP contribution < -0.4 is 5.32 Å². The van der Waals surface area contributed by atoms with Crippen molar-refractivity contribution in [3.8, 4) is 0 Å². The molecule has 70 valence electrons. The van der Waals surface area contributed by atoms with Crippen LogP contribution in [-0.4, -0.2) is 5.54 Å². The van der Waals surface area contributed by atoms with Crippen LogP contribution in [0.25, 0.3) is 0 Å². The van der Waals surface area contributed by atoms with Gasteiger partial charge in [-0.2, -0.15) is 0 Å². The van der Waals surface area contributed by atoms with Crippen LogP contribution in [0.4, 0.5) is 0 Å². The Hall–Kier alpha value is -0.460. The fraction of sp³-hybridized carbons (Fsp3) is 0.818. The highest BCUT2D eigenvalue weighted by Crippen LogP contribution is 2.30. The van der Waals surface area contributed by atoms with Crippen molar-refractivity contribution in [2.45, 2.75) is 53.0 Å². The second-order valence-electron chi connectivity index (χ2n) is 4.63. The Labute approximate surface area is 76.2 Å². The van der Waals surface area contributed by atoms with Crippen LogP contribution in [0.15, 0.2) is 11.3 Å². The van der Waals surface area contributed by atoms with Gasteiger partial charge in [0.2, 0.25) is 0 Å². The van der Waals surface area contributed by atoms with E-state index >= 15 is 0 Å². The third-order valence-electron chi connectivity index (χ3n) is 2.87. The molecule has 1 heteroatoms. The summed E-state index contributed by atoms with van der Waals surface area (Å²) in [6, 6.07) is 0. The summed E-state index contributed by atoms with van der Waals surface area (Å²) in [6.07, 6.45) is 2.39. The Kier molecular flexibility index (Phi) is 2.50. The predicted octanol–water partition coefficient (Wildman–Crippen LogP) is 3.08. The fourth-order valence-corrected chi connectivity index (χ4v) is 2.14. The van der Waals surface area contributed by atoms with Gasteiger partial charge >= 0.3 is 0 Å². The van der Waals surface area contributed by atoms with Crippen LogP contribution in [-0.2, 0) is 0 Å². The van der Waals surface area contributed by atoms with Gasteiger partial charge in [0.25, 0.3) is 0 Å². The lowest BCUT2D eigenvalue weighted by Gasteiger charge is -2.38. The summed E-state index contributed by atoms with van der Waals surface area (Å²) in [7, 11) is 0. The normalized spacial score (nSPS) is 28.6. The Bertz CT molecular complexity index is 201. The first-order valence-corrected chi connectivity index (χ1v) is 4.94. The molecule has 1 aliphatic heterocycles. The predicted molar refractivity (Wildman–Crippen MR) is 54.0 cm³/mol. The Morgan fingerprint density at radius 1 is 1.50 bits per heavy atom. The molecular weight excluding hydrogens is 146 g/mol. The van der Waals surface area contributed by atoms with E-state index in [1.807, 2.05) is 0 Å². The van der Waals surface area contributed by atoms with Crippen molar-refractivity contribution in [2.24, 2.45) is 5.92 Å². The number of allylic oxidation sites excluding steroid dienone is 2. The van der Waals surface area contributed by atoms with Gasteiger partial charge in [0.15, 0.2) is 0 Å². The second kappa shape index (κ2) is 3.12. The van der Waals surface area contributed by atoms with Gasteiger partial charge in [-0.05, 0) is 39.5 Å². The highest BCUT2D eigenvalue weighted by molar-refractivity contribution is 5.19. The van der Waals surface area contributed by atoms with Gasteiger partial charge in [-0.15, -0.1) is 0 Å². The lowest BCUT2D eigenvalue weighted by atomic mass is 9.82. The first kappa shape index (κ1) is 9.63. The van der Waals surface area contributed by atoms with E-state index < -0.39 is 0 Å². The van der Waals surface area contributed by atoms with Gasteiger partial charge in [0.1, 0.15) is 0 Å². The van der Waals surface area contributed by atoms with Crippen LogP contribution in [0.5, 0.6) is 0 Å². The summed E-state index contributed by atoms with van der Waals surface area (Å²) in [6.45, 7) is 11.4. The third-order valence-corrected chi connectivity index (χ3v) is 2.87. The first-order chi connectivity index (χ1) is 5.46. The average Bonchev–Trinajstić information content (AvgIpc) is 1.96. The maximum absolute atomic E-state index is 3.60. The van der Waals surface area contributed by atoms with E-state index in [9.17, 15) is 0 Å². The minimum absolute atomic E-state index is 0.296. The second-order valence-corrected chi connectivity index (χ2v) is 4.63. The van der Waals surface area contributed by atoms with Crippen molar-refractivity contribution in [3.05, 3.63) is 11.3 Å². The number of rotatable bonds is 1. The molecule has 0 aromatic heterocycles. The summed E-state index contributed by atoms with van der Waals surface area (Å²) in [5, 5.41) is 3.60. The zero-order chi connectivity index (χ0) is 9.35. The fourth-order valence-electron chi connectivity index (χ4n) is 2.14. The molecule has 0 saturated heterocycles. The zero-order valence-electron chi connectivity index (χ0n) is 8.99. The van der Waals surface area contributed by atoms with Crippen molar-refractivity contribution < 1.29 is 0 Å². The molecule has 0 bridgehead atoms. The monoisotopic (exact) mass is 167 g/mol. The molecule has 1 aliphatic rings. The standard InChI is InChI=1S/C11H21N/c1-6-10-9(3)8(2)7-11(4,5)12-10/h8,12H,6-7H2,1-5H3. The molecule has 1 atom stereocenters. The molecule has 0 saturated carbocycles. The van der Waals surface area contributed by atoms with Crippen molar-refractivity contribution in [2.75, 3.05) is 0 Å². The number of nitrogens with one attached hydrogen (secondary N) is 1. The van der Waals surface area contributed by atoms with Gasteiger partial charge in [0, 0.05) is 11.2 Å². The molecular formula is C11H21N. The zero-order valence-corrected chi connectivity index (χ0v) is 8.99. The molecule has 1 rings (SSSR count). The summed E-state index contributed by atoms with van der Waals surface area (Å²) < 4.78 is 0. The quantitative estimate of drug-likeness (QED) is 0.633. The highest BCUT2D eigenvalue weighted by atomic mass is 15.0. The Balaban J connectivity index is 2.88. The summed E-state index contributed by atoms with van der Waals surface area (Å²) in [4.78, 5) is 0. The summed E-state index contributed by atoms with van der Waals surface area (Å²) in [5.74, 6) is 0.746. The smallest absolute Gasteiger partial charge is 0.0320 e. The molecule has 0 radical (unpaired) electrons. The van der Waals surface area contributed by atoms with E-state index in [1.54, 1.807) is 5.57 Å². The summed E-state index contributed by atoms with van der Waals surface area (Å²) >= 11 is 0. The highest BCUT2D eigenvalue weighted by Gasteiger charge is 2.27. The van der Waals surface area contributed by atoms with Gasteiger partial charge < -0.3 is 5.32 Å². The minimum atomic E-state index is 0.296. The summed E-state index contributed by atoms with van der Waals surface area (Å²) in [5.41, 5.74) is 3.31. The third kappa shape index (κ3) is 1.82. The molecule has 12 heavy (non-hydrogen) atoms. The molecule has 1 N–H and O–H groups in total. The molecule has 0 aliphatic carbocycles. The van der Waals surface area contributed by atoms with E-state index in [0.717, 1.165) is 12.3 Å². The topological polar surface area (TPSA) is 12.0 Å². The number of hydrogen-bond donors (Lipinski definition) is 1. The van der Waals surface area contributed by atoms with Crippen LogP contribution in [0.1, 0.15) is 47.5 Å². The van der Waals surface area contributed by atoms with Crippen LogP contribution in [0.3, 0.4) is 0 Å². The number of hydrogen-bond acceptors (Lipinski definition) is 1. The van der Waals surface area contributed by atoms with Crippen LogP contribution >= 0.6 is 0 Å². The van der Waals surface area contributed by atoms with Gasteiger partial charge in [0.05, 0.1) is 0 Å². The Morgan fingerprint density at radius 3 is 2.58 bits per heavy atom. The maximum Gasteiger partial charge on any atom is 0.0320 e. The SMILES string of the molecule is CCC1=C(C)C(C)CC(C)(C)N1. The van der Waals surface area contributed by atoms with Gasteiger partial charge in [-0.3, -0.25) is 0 Å². The van der Waals surface area contributed by atoms with Crippen molar-refractivity contribution in [1.29, 1.82) is 0 Å². The van der Waals surface area contributed by atoms with E-state index in [0.29, 0.717) is 5.54 Å². The van der Waals surface area contributed by atoms with E-state index in [2.05, 4.69) is 39.9 Å². The lowest BCUT2D eigenvalue weighted by Crippen LogP contribution is -2.44. The molecule has 1 heterocycles. The maximum atomic E-state index is 3.60. The molecule has 0 amide bonds. The molecule has 0 aromatic carbocycles. The lowest BCUT2D eigenvalue weighted by molar-refractivity contribution is 0.318. The van der Waals surface area contributed by atoms with Crippen molar-refractivity contribution in [3.63, 3.8) is 0 Å². The van der Waals surface area contributed by atoms with Gasteiger partial charge in [-0.25, -0.2) is 0 Å². The molecule has 1 nitrogen and oxygen atoms in total. The molecule has 0 aromatic rings. The van der Waals surface area contributed by atoms with Crippen molar-refractivity contribution >= 4 is 0 Å². The minimum Gasteiger partial charge on any atom is -0.383 e. The van der Waals surface area contributed by atoms with Crippen LogP contribution in [0, 0.1) is 5.92 Å². The van der Waals surface area contributed by atoms with Crippen LogP contribution in [0.2, 0.25) is 0 Å². The average molecular weight is 167 g/mol. The molecule has 0 spiro atoms. The van der Waals surface area contributed by atoms with E-state index in [4.69, 9.17) is 0 Å². The Morgan fingerprint density at radius 2 is 2.08 bits per heavy atom. The van der Waals surface area contributed by atoms with E-state index in [1.165, 1.54) is 12.1 Å².